The molecule has 0 unspecified atom stereocenters. The van der Waals surface area contributed by atoms with Gasteiger partial charge in [-0.1, -0.05) is 46.2 Å². The molecule has 5 heteroatoms. The second kappa shape index (κ2) is 10.2. The van der Waals surface area contributed by atoms with Crippen LogP contribution in [0, 0.1) is 5.92 Å². The van der Waals surface area contributed by atoms with Crippen molar-refractivity contribution in [3.05, 3.63) is 29.3 Å². The van der Waals surface area contributed by atoms with Crippen molar-refractivity contribution in [1.82, 2.24) is 4.31 Å². The third kappa shape index (κ3) is 5.97. The van der Waals surface area contributed by atoms with E-state index in [1.54, 1.807) is 28.6 Å². The molecule has 1 fully saturated rings. The normalized spacial score (nSPS) is 16.3. The Bertz CT molecular complexity index is 478. The first kappa shape index (κ1) is 20.4. The van der Waals surface area contributed by atoms with Gasteiger partial charge in [0.05, 0.1) is 4.90 Å². The Morgan fingerprint density at radius 2 is 1.43 bits per heavy atom. The van der Waals surface area contributed by atoms with E-state index in [-0.39, 0.29) is 0 Å². The zero-order chi connectivity index (χ0) is 16.5. The maximum Gasteiger partial charge on any atom is 0.243 e. The van der Waals surface area contributed by atoms with E-state index in [0.29, 0.717) is 28.9 Å². The molecule has 0 atom stereocenters. The van der Waals surface area contributed by atoms with E-state index < -0.39 is 10.0 Å². The molecule has 1 saturated heterocycles. The maximum absolute atomic E-state index is 12.3. The van der Waals surface area contributed by atoms with Crippen LogP contribution in [-0.4, -0.2) is 25.8 Å². The molecule has 0 N–H and O–H groups in total. The summed E-state index contributed by atoms with van der Waals surface area (Å²) >= 11 is 5.76. The van der Waals surface area contributed by atoms with E-state index >= 15 is 0 Å². The molecule has 0 spiro atoms. The van der Waals surface area contributed by atoms with Crippen LogP contribution in [0.5, 0.6) is 0 Å². The number of rotatable bonds is 2. The van der Waals surface area contributed by atoms with Gasteiger partial charge in [-0.3, -0.25) is 0 Å². The van der Waals surface area contributed by atoms with Crippen molar-refractivity contribution in [3.8, 4) is 0 Å². The Morgan fingerprint density at radius 3 is 1.86 bits per heavy atom. The number of hydrogen-bond acceptors (Lipinski definition) is 2. The highest BCUT2D eigenvalue weighted by molar-refractivity contribution is 7.89. The van der Waals surface area contributed by atoms with Crippen LogP contribution in [0.15, 0.2) is 29.2 Å². The van der Waals surface area contributed by atoms with Crippen LogP contribution in [0.3, 0.4) is 0 Å². The van der Waals surface area contributed by atoms with Gasteiger partial charge in [-0.2, -0.15) is 4.31 Å². The summed E-state index contributed by atoms with van der Waals surface area (Å²) in [6.45, 7) is 11.4. The number of piperidine rings is 1. The number of hydrogen-bond donors (Lipinski definition) is 0. The Hall–Kier alpha value is -0.580. The monoisotopic (exact) mass is 333 g/mol. The molecule has 0 radical (unpaired) electrons. The molecule has 21 heavy (non-hydrogen) atoms. The fourth-order valence-corrected chi connectivity index (χ4v) is 3.58. The van der Waals surface area contributed by atoms with E-state index in [2.05, 4.69) is 6.92 Å². The summed E-state index contributed by atoms with van der Waals surface area (Å²) in [7, 11) is -3.33. The van der Waals surface area contributed by atoms with Gasteiger partial charge in [0, 0.05) is 18.1 Å². The average Bonchev–Trinajstić information content (AvgIpc) is 2.52. The Labute approximate surface area is 135 Å². The summed E-state index contributed by atoms with van der Waals surface area (Å²) in [6.07, 6.45) is 1.87. The van der Waals surface area contributed by atoms with Gasteiger partial charge in [0.25, 0.3) is 0 Å². The van der Waals surface area contributed by atoms with E-state index in [0.717, 1.165) is 12.8 Å². The van der Waals surface area contributed by atoms with Gasteiger partial charge in [0.2, 0.25) is 10.0 Å². The third-order valence-electron chi connectivity index (χ3n) is 3.19. The van der Waals surface area contributed by atoms with Crippen LogP contribution in [0.4, 0.5) is 0 Å². The first-order valence-corrected chi connectivity index (χ1v) is 9.57. The summed E-state index contributed by atoms with van der Waals surface area (Å²) in [4.78, 5) is 0.330. The van der Waals surface area contributed by atoms with Gasteiger partial charge in [-0.05, 0) is 43.0 Å². The standard InChI is InChI=1S/C12H16ClNO2S.2C2H6/c1-10-6-8-14(9-7-10)17(15,16)12-4-2-11(13)3-5-12;2*1-2/h2-5,10H,6-9H2,1H3;2*1-2H3. The molecule has 1 aromatic rings. The molecule has 122 valence electrons. The molecular formula is C16H28ClNO2S. The van der Waals surface area contributed by atoms with E-state index in [1.807, 2.05) is 27.7 Å². The van der Waals surface area contributed by atoms with Crippen molar-refractivity contribution in [3.63, 3.8) is 0 Å². The lowest BCUT2D eigenvalue weighted by Crippen LogP contribution is -2.37. The largest absolute Gasteiger partial charge is 0.243 e. The molecule has 3 nitrogen and oxygen atoms in total. The topological polar surface area (TPSA) is 37.4 Å². The minimum atomic E-state index is -3.33. The SMILES string of the molecule is CC.CC.CC1CCN(S(=O)(=O)c2ccc(Cl)cc2)CC1. The molecule has 1 heterocycles. The van der Waals surface area contributed by atoms with Crippen LogP contribution < -0.4 is 0 Å². The molecule has 1 aliphatic rings. The van der Waals surface area contributed by atoms with Crippen LogP contribution in [0.25, 0.3) is 0 Å². The molecule has 0 bridgehead atoms. The van der Waals surface area contributed by atoms with Crippen molar-refractivity contribution in [1.29, 1.82) is 0 Å². The summed E-state index contributed by atoms with van der Waals surface area (Å²) in [6, 6.07) is 6.35. The number of sulfonamides is 1. The molecular weight excluding hydrogens is 306 g/mol. The molecule has 1 aromatic carbocycles. The first-order chi connectivity index (χ1) is 10.00. The van der Waals surface area contributed by atoms with Crippen molar-refractivity contribution in [2.24, 2.45) is 5.92 Å². The van der Waals surface area contributed by atoms with Gasteiger partial charge < -0.3 is 0 Å². The zero-order valence-electron chi connectivity index (χ0n) is 13.8. The first-order valence-electron chi connectivity index (χ1n) is 7.76. The Morgan fingerprint density at radius 1 is 1.00 bits per heavy atom. The van der Waals surface area contributed by atoms with E-state index in [1.165, 1.54) is 0 Å². The van der Waals surface area contributed by atoms with Gasteiger partial charge in [0.1, 0.15) is 0 Å². The minimum Gasteiger partial charge on any atom is -0.207 e. The van der Waals surface area contributed by atoms with Crippen LogP contribution in [-0.2, 0) is 10.0 Å². The number of benzene rings is 1. The molecule has 0 saturated carbocycles. The Kier molecular flexibility index (Phi) is 9.92. The highest BCUT2D eigenvalue weighted by Crippen LogP contribution is 2.24. The fourth-order valence-electron chi connectivity index (χ4n) is 1.98. The van der Waals surface area contributed by atoms with Crippen LogP contribution in [0.2, 0.25) is 5.02 Å². The highest BCUT2D eigenvalue weighted by atomic mass is 35.5. The quantitative estimate of drug-likeness (QED) is 0.778. The number of nitrogens with zero attached hydrogens (tertiary/aromatic N) is 1. The maximum atomic E-state index is 12.3. The predicted octanol–water partition coefficient (Wildman–Crippen LogP) is 4.81. The van der Waals surface area contributed by atoms with E-state index in [4.69, 9.17) is 11.6 Å². The van der Waals surface area contributed by atoms with Crippen LogP contribution in [0.1, 0.15) is 47.5 Å². The lowest BCUT2D eigenvalue weighted by molar-refractivity contribution is 0.288. The second-order valence-electron chi connectivity index (χ2n) is 4.54. The van der Waals surface area contributed by atoms with Gasteiger partial charge in [-0.15, -0.1) is 0 Å². The summed E-state index contributed by atoms with van der Waals surface area (Å²) in [5.74, 6) is 0.617. The van der Waals surface area contributed by atoms with E-state index in [9.17, 15) is 8.42 Å². The highest BCUT2D eigenvalue weighted by Gasteiger charge is 2.27. The molecule has 0 amide bonds. The lowest BCUT2D eigenvalue weighted by atomic mass is 10.0. The molecule has 0 aliphatic carbocycles. The van der Waals surface area contributed by atoms with Gasteiger partial charge in [0.15, 0.2) is 0 Å². The molecule has 0 aromatic heterocycles. The van der Waals surface area contributed by atoms with Gasteiger partial charge in [-0.25, -0.2) is 8.42 Å². The van der Waals surface area contributed by atoms with Crippen molar-refractivity contribution in [2.45, 2.75) is 52.4 Å². The average molecular weight is 334 g/mol. The number of halogens is 1. The predicted molar refractivity (Wildman–Crippen MR) is 91.3 cm³/mol. The summed E-state index contributed by atoms with van der Waals surface area (Å²) < 4.78 is 26.1. The fraction of sp³-hybridized carbons (Fsp3) is 0.625. The minimum absolute atomic E-state index is 0.330. The third-order valence-corrected chi connectivity index (χ3v) is 5.36. The molecule has 2 rings (SSSR count). The van der Waals surface area contributed by atoms with Crippen molar-refractivity contribution >= 4 is 21.6 Å². The summed E-state index contributed by atoms with van der Waals surface area (Å²) in [5.41, 5.74) is 0. The van der Waals surface area contributed by atoms with Crippen LogP contribution >= 0.6 is 11.6 Å². The second-order valence-corrected chi connectivity index (χ2v) is 6.91. The smallest absolute Gasteiger partial charge is 0.207 e. The Balaban J connectivity index is 0.000000921. The van der Waals surface area contributed by atoms with Crippen molar-refractivity contribution in [2.75, 3.05) is 13.1 Å². The molecule has 1 aliphatic heterocycles. The summed E-state index contributed by atoms with van der Waals surface area (Å²) in [5, 5.41) is 0.552. The van der Waals surface area contributed by atoms with Crippen molar-refractivity contribution < 1.29 is 8.42 Å². The van der Waals surface area contributed by atoms with Gasteiger partial charge >= 0.3 is 0 Å². The zero-order valence-corrected chi connectivity index (χ0v) is 15.3. The lowest BCUT2D eigenvalue weighted by Gasteiger charge is -2.29.